The van der Waals surface area contributed by atoms with Gasteiger partial charge in [0.2, 0.25) is 11.8 Å². The number of rotatable bonds is 8. The number of carbonyl (C=O) groups excluding carboxylic acids is 2. The van der Waals surface area contributed by atoms with E-state index in [0.717, 1.165) is 35.5 Å². The average molecular weight is 496 g/mol. The number of anilines is 1. The number of hydrogen-bond acceptors (Lipinski definition) is 2. The lowest BCUT2D eigenvalue weighted by atomic mass is 9.94. The molecule has 4 rings (SSSR count). The summed E-state index contributed by atoms with van der Waals surface area (Å²) in [5, 5.41) is 0. The number of benzene rings is 2. The van der Waals surface area contributed by atoms with E-state index in [1.165, 1.54) is 12.1 Å². The zero-order valence-corrected chi connectivity index (χ0v) is 21.1. The molecule has 1 aliphatic heterocycles. The highest BCUT2D eigenvalue weighted by molar-refractivity contribution is 6.20. The van der Waals surface area contributed by atoms with Crippen LogP contribution in [-0.4, -0.2) is 40.3 Å². The maximum atomic E-state index is 14.1. The minimum Gasteiger partial charge on any atom is -0.333 e. The van der Waals surface area contributed by atoms with Crippen LogP contribution in [-0.2, 0) is 9.59 Å². The van der Waals surface area contributed by atoms with Crippen LogP contribution in [0.15, 0.2) is 66.9 Å². The van der Waals surface area contributed by atoms with Crippen LogP contribution in [0.1, 0.15) is 50.9 Å². The normalized spacial score (nSPS) is 14.9. The third-order valence-corrected chi connectivity index (χ3v) is 7.15. The molecule has 1 aliphatic rings. The summed E-state index contributed by atoms with van der Waals surface area (Å²) in [6, 6.07) is 17.4. The second kappa shape index (κ2) is 10.2. The Kier molecular flexibility index (Phi) is 7.31. The molecule has 2 amide bonds. The molecule has 1 atom stereocenters. The molecule has 3 aromatic rings. The molecule has 35 heavy (non-hydrogen) atoms. The highest BCUT2D eigenvalue weighted by atomic mass is 35.5. The number of para-hydroxylation sites is 2. The van der Waals surface area contributed by atoms with Crippen molar-refractivity contribution in [2.24, 2.45) is 5.41 Å². The largest absolute Gasteiger partial charge is 0.333 e. The fraction of sp³-hybridized carbons (Fsp3) is 0.357. The second-order valence-electron chi connectivity index (χ2n) is 9.61. The van der Waals surface area contributed by atoms with Crippen molar-refractivity contribution in [3.05, 3.63) is 83.9 Å². The van der Waals surface area contributed by atoms with Gasteiger partial charge in [0, 0.05) is 18.6 Å². The maximum absolute atomic E-state index is 14.1. The van der Waals surface area contributed by atoms with E-state index in [-0.39, 0.29) is 30.1 Å². The van der Waals surface area contributed by atoms with Gasteiger partial charge in [-0.25, -0.2) is 4.39 Å². The first kappa shape index (κ1) is 25.0. The summed E-state index contributed by atoms with van der Waals surface area (Å²) < 4.78 is 15.8. The molecular weight excluding hydrogens is 465 g/mol. The van der Waals surface area contributed by atoms with Gasteiger partial charge in [-0.1, -0.05) is 37.6 Å². The number of unbranched alkanes of at least 4 members (excludes halogenated alkanes) is 1. The average Bonchev–Trinajstić information content (AvgIpc) is 3.35. The Morgan fingerprint density at radius 2 is 1.71 bits per heavy atom. The summed E-state index contributed by atoms with van der Waals surface area (Å²) in [4.78, 5) is 30.8. The van der Waals surface area contributed by atoms with Gasteiger partial charge < -0.3 is 9.47 Å². The topological polar surface area (TPSA) is 45.6 Å². The number of amides is 2. The minimum atomic E-state index is -0.777. The molecule has 0 aliphatic carbocycles. The van der Waals surface area contributed by atoms with Crippen molar-refractivity contribution in [2.75, 3.05) is 23.9 Å². The first-order valence-electron chi connectivity index (χ1n) is 12.0. The number of hydrogen-bond donors (Lipinski definition) is 0. The lowest BCUT2D eigenvalue weighted by molar-refractivity contribution is -0.142. The van der Waals surface area contributed by atoms with E-state index in [1.54, 1.807) is 35.8 Å². The van der Waals surface area contributed by atoms with Gasteiger partial charge in [0.15, 0.2) is 0 Å². The Bertz CT molecular complexity index is 1200. The molecule has 0 bridgehead atoms. The van der Waals surface area contributed by atoms with Crippen molar-refractivity contribution in [3.63, 3.8) is 0 Å². The van der Waals surface area contributed by atoms with Gasteiger partial charge in [0.1, 0.15) is 18.4 Å². The summed E-state index contributed by atoms with van der Waals surface area (Å²) in [6.07, 6.45) is 3.66. The third kappa shape index (κ3) is 4.85. The molecule has 0 saturated carbocycles. The number of nitrogens with zero attached hydrogens (tertiary/aromatic N) is 3. The van der Waals surface area contributed by atoms with Crippen LogP contribution in [0.4, 0.5) is 10.1 Å². The second-order valence-corrected chi connectivity index (χ2v) is 9.87. The zero-order valence-electron chi connectivity index (χ0n) is 20.4. The Morgan fingerprint density at radius 1 is 1.03 bits per heavy atom. The third-order valence-electron chi connectivity index (χ3n) is 6.48. The van der Waals surface area contributed by atoms with Crippen molar-refractivity contribution in [1.29, 1.82) is 0 Å². The SMILES string of the molecule is CCCCN(CC(=O)N1c2ccccc2-n2cccc2[C@H]1c1ccc(F)cc1)C(=O)C(C)(C)CCl. The molecule has 0 radical (unpaired) electrons. The molecule has 0 fully saturated rings. The van der Waals surface area contributed by atoms with Crippen molar-refractivity contribution >= 4 is 29.1 Å². The van der Waals surface area contributed by atoms with E-state index < -0.39 is 11.5 Å². The van der Waals surface area contributed by atoms with Crippen molar-refractivity contribution in [3.8, 4) is 5.69 Å². The summed E-state index contributed by atoms with van der Waals surface area (Å²) >= 11 is 6.10. The number of carbonyl (C=O) groups is 2. The lowest BCUT2D eigenvalue weighted by Gasteiger charge is -2.40. The van der Waals surface area contributed by atoms with Crippen LogP contribution in [0.5, 0.6) is 0 Å². The van der Waals surface area contributed by atoms with Crippen LogP contribution < -0.4 is 4.90 Å². The van der Waals surface area contributed by atoms with Crippen molar-refractivity contribution in [2.45, 2.75) is 39.7 Å². The number of alkyl halides is 1. The minimum absolute atomic E-state index is 0.0636. The number of aromatic nitrogens is 1. The molecule has 0 unspecified atom stereocenters. The van der Waals surface area contributed by atoms with E-state index >= 15 is 0 Å². The van der Waals surface area contributed by atoms with Crippen molar-refractivity contribution in [1.82, 2.24) is 9.47 Å². The number of fused-ring (bicyclic) bond motifs is 3. The molecule has 1 aromatic heterocycles. The van der Waals surface area contributed by atoms with E-state index in [2.05, 4.69) is 11.5 Å². The summed E-state index contributed by atoms with van der Waals surface area (Å²) in [7, 11) is 0. The summed E-state index contributed by atoms with van der Waals surface area (Å²) in [5.74, 6) is -0.505. The summed E-state index contributed by atoms with van der Waals surface area (Å²) in [6.45, 7) is 6.07. The Balaban J connectivity index is 1.78. The molecule has 0 spiro atoms. The standard InChI is InChI=1S/C28H31ClFN3O2/c1-4-5-16-31(27(35)28(2,3)19-29)18-25(34)33-23-10-7-6-9-22(23)32-17-8-11-24(32)26(33)20-12-14-21(30)15-13-20/h6-15,17,26H,4-5,16,18-19H2,1-3H3/t26-/m1/s1. The van der Waals surface area contributed by atoms with Gasteiger partial charge in [0.05, 0.1) is 22.5 Å². The summed E-state index contributed by atoms with van der Waals surface area (Å²) in [5.41, 5.74) is 2.54. The molecule has 7 heteroatoms. The Hall–Kier alpha value is -3.12. The molecule has 184 valence electrons. The van der Waals surface area contributed by atoms with Crippen LogP contribution in [0, 0.1) is 11.2 Å². The highest BCUT2D eigenvalue weighted by Gasteiger charge is 2.38. The Morgan fingerprint density at radius 3 is 2.37 bits per heavy atom. The van der Waals surface area contributed by atoms with E-state index in [9.17, 15) is 14.0 Å². The van der Waals surface area contributed by atoms with Crippen LogP contribution in [0.25, 0.3) is 5.69 Å². The van der Waals surface area contributed by atoms with Crippen LogP contribution in [0.3, 0.4) is 0 Å². The van der Waals surface area contributed by atoms with E-state index in [1.807, 2.05) is 42.6 Å². The lowest BCUT2D eigenvalue weighted by Crippen LogP contribution is -2.50. The maximum Gasteiger partial charge on any atom is 0.247 e. The van der Waals surface area contributed by atoms with E-state index in [4.69, 9.17) is 11.6 Å². The van der Waals surface area contributed by atoms with Crippen molar-refractivity contribution < 1.29 is 14.0 Å². The van der Waals surface area contributed by atoms with Gasteiger partial charge in [-0.05, 0) is 62.2 Å². The fourth-order valence-corrected chi connectivity index (χ4v) is 4.66. The monoisotopic (exact) mass is 495 g/mol. The molecule has 5 nitrogen and oxygen atoms in total. The molecule has 2 heterocycles. The van der Waals surface area contributed by atoms with Gasteiger partial charge >= 0.3 is 0 Å². The zero-order chi connectivity index (χ0) is 25.2. The first-order chi connectivity index (χ1) is 16.8. The smallest absolute Gasteiger partial charge is 0.247 e. The number of halogens is 2. The molecule has 0 N–H and O–H groups in total. The highest BCUT2D eigenvalue weighted by Crippen LogP contribution is 2.42. The van der Waals surface area contributed by atoms with Gasteiger partial charge in [-0.3, -0.25) is 14.5 Å². The van der Waals surface area contributed by atoms with E-state index in [0.29, 0.717) is 6.54 Å². The fourth-order valence-electron chi connectivity index (χ4n) is 4.55. The quantitative estimate of drug-likeness (QED) is 0.363. The van der Waals surface area contributed by atoms with Crippen LogP contribution in [0.2, 0.25) is 0 Å². The predicted octanol–water partition coefficient (Wildman–Crippen LogP) is 5.95. The van der Waals surface area contributed by atoms with Gasteiger partial charge in [-0.2, -0.15) is 0 Å². The van der Waals surface area contributed by atoms with Gasteiger partial charge in [0.25, 0.3) is 0 Å². The molecule has 0 saturated heterocycles. The molecular formula is C28H31ClFN3O2. The van der Waals surface area contributed by atoms with Crippen LogP contribution >= 0.6 is 11.6 Å². The first-order valence-corrected chi connectivity index (χ1v) is 12.5. The van der Waals surface area contributed by atoms with Gasteiger partial charge in [-0.15, -0.1) is 11.6 Å². The predicted molar refractivity (Wildman–Crippen MR) is 137 cm³/mol. The Labute approximate surface area is 211 Å². The molecule has 2 aromatic carbocycles.